The molecule has 0 radical (unpaired) electrons. The molecule has 0 spiro atoms. The Hall–Kier alpha value is -2.30. The van der Waals surface area contributed by atoms with Crippen LogP contribution in [0.4, 0.5) is 0 Å². The van der Waals surface area contributed by atoms with Crippen LogP contribution in [0, 0.1) is 0 Å². The number of ether oxygens (including phenoxy) is 1. The van der Waals surface area contributed by atoms with Crippen LogP contribution < -0.4 is 10.1 Å². The van der Waals surface area contributed by atoms with Crippen LogP contribution in [0.3, 0.4) is 0 Å². The van der Waals surface area contributed by atoms with Crippen LogP contribution in [-0.4, -0.2) is 29.9 Å². The molecule has 0 saturated carbocycles. The summed E-state index contributed by atoms with van der Waals surface area (Å²) >= 11 is 0. The molecule has 1 aliphatic rings. The molecule has 4 nitrogen and oxygen atoms in total. The largest absolute Gasteiger partial charge is 0.497 e. The van der Waals surface area contributed by atoms with Gasteiger partial charge in [0, 0.05) is 42.7 Å². The maximum absolute atomic E-state index is 9.83. The highest BCUT2D eigenvalue weighted by molar-refractivity contribution is 5.96. The van der Waals surface area contributed by atoms with Crippen molar-refractivity contribution in [2.24, 2.45) is 0 Å². The molecule has 0 atom stereocenters. The Balaban J connectivity index is 1.96. The van der Waals surface area contributed by atoms with Crippen molar-refractivity contribution < 1.29 is 9.84 Å². The Kier molecular flexibility index (Phi) is 4.00. The monoisotopic (exact) mass is 322 g/mol. The van der Waals surface area contributed by atoms with E-state index in [9.17, 15) is 5.11 Å². The lowest BCUT2D eigenvalue weighted by atomic mass is 9.98. The number of rotatable bonds is 3. The number of nitrogens with one attached hydrogen (secondary N) is 1. The summed E-state index contributed by atoms with van der Waals surface area (Å²) in [6.45, 7) is 2.98. The summed E-state index contributed by atoms with van der Waals surface area (Å²) in [5.41, 5.74) is 5.77. The van der Waals surface area contributed by atoms with Crippen LogP contribution in [-0.2, 0) is 19.6 Å². The topological polar surface area (TPSA) is 46.4 Å². The molecule has 2 aromatic carbocycles. The normalized spacial score (nSPS) is 14.4. The molecule has 1 aliphatic heterocycles. The number of hydrogen-bond donors (Lipinski definition) is 2. The number of hydrogen-bond acceptors (Lipinski definition) is 3. The van der Waals surface area contributed by atoms with Crippen LogP contribution in [0.2, 0.25) is 0 Å². The Morgan fingerprint density at radius 3 is 2.88 bits per heavy atom. The van der Waals surface area contributed by atoms with Gasteiger partial charge in [-0.3, -0.25) is 0 Å². The Labute approximate surface area is 141 Å². The number of aromatic nitrogens is 1. The van der Waals surface area contributed by atoms with E-state index in [0.717, 1.165) is 42.9 Å². The zero-order valence-corrected chi connectivity index (χ0v) is 13.9. The molecular formula is C20H22N2O2. The summed E-state index contributed by atoms with van der Waals surface area (Å²) in [6, 6.07) is 14.7. The van der Waals surface area contributed by atoms with E-state index in [0.29, 0.717) is 0 Å². The van der Waals surface area contributed by atoms with Gasteiger partial charge in [-0.2, -0.15) is 0 Å². The van der Waals surface area contributed by atoms with Gasteiger partial charge in [0.1, 0.15) is 5.75 Å². The number of fused-ring (bicyclic) bond motifs is 3. The first-order valence-electron chi connectivity index (χ1n) is 8.42. The summed E-state index contributed by atoms with van der Waals surface area (Å²) < 4.78 is 7.73. The minimum absolute atomic E-state index is 0.00194. The molecule has 0 fully saturated rings. The molecule has 24 heavy (non-hydrogen) atoms. The average Bonchev–Trinajstić information content (AvgIpc) is 2.82. The van der Waals surface area contributed by atoms with E-state index in [2.05, 4.69) is 34.1 Å². The van der Waals surface area contributed by atoms with Crippen molar-refractivity contribution in [2.45, 2.75) is 19.6 Å². The predicted octanol–water partition coefficient (Wildman–Crippen LogP) is 2.95. The van der Waals surface area contributed by atoms with Crippen molar-refractivity contribution in [1.82, 2.24) is 9.88 Å². The number of benzene rings is 2. The summed E-state index contributed by atoms with van der Waals surface area (Å²) in [7, 11) is 1.65. The van der Waals surface area contributed by atoms with Gasteiger partial charge in [0.15, 0.2) is 0 Å². The van der Waals surface area contributed by atoms with Crippen molar-refractivity contribution in [3.63, 3.8) is 0 Å². The second-order valence-electron chi connectivity index (χ2n) is 6.21. The van der Waals surface area contributed by atoms with Gasteiger partial charge in [-0.05, 0) is 29.3 Å². The Morgan fingerprint density at radius 1 is 1.12 bits per heavy atom. The molecule has 124 valence electrons. The fourth-order valence-corrected chi connectivity index (χ4v) is 3.68. The third kappa shape index (κ3) is 2.48. The zero-order chi connectivity index (χ0) is 16.5. The fourth-order valence-electron chi connectivity index (χ4n) is 3.68. The van der Waals surface area contributed by atoms with Crippen molar-refractivity contribution in [3.05, 3.63) is 53.7 Å². The number of para-hydroxylation sites is 1. The zero-order valence-electron chi connectivity index (χ0n) is 13.9. The molecule has 2 heterocycles. The third-order valence-corrected chi connectivity index (χ3v) is 4.85. The number of methoxy groups -OCH3 is 1. The van der Waals surface area contributed by atoms with Gasteiger partial charge in [0.05, 0.1) is 19.2 Å². The highest BCUT2D eigenvalue weighted by Crippen LogP contribution is 2.35. The minimum Gasteiger partial charge on any atom is -0.497 e. The number of nitrogens with zero attached hydrogens (tertiary/aromatic N) is 1. The third-order valence-electron chi connectivity index (χ3n) is 4.85. The molecule has 3 aromatic rings. The van der Waals surface area contributed by atoms with E-state index in [4.69, 9.17) is 4.74 Å². The summed E-state index contributed by atoms with van der Waals surface area (Å²) in [5, 5.41) is 14.6. The van der Waals surface area contributed by atoms with Crippen LogP contribution in [0.15, 0.2) is 42.5 Å². The van der Waals surface area contributed by atoms with E-state index in [1.807, 2.05) is 18.2 Å². The second-order valence-corrected chi connectivity index (χ2v) is 6.21. The fraction of sp³-hybridized carbons (Fsp3) is 0.300. The first-order chi connectivity index (χ1) is 11.8. The molecule has 0 aliphatic carbocycles. The Bertz CT molecular complexity index is 883. The maximum atomic E-state index is 9.83. The molecular weight excluding hydrogens is 300 g/mol. The lowest BCUT2D eigenvalue weighted by Gasteiger charge is -2.14. The smallest absolute Gasteiger partial charge is 0.119 e. The first kappa shape index (κ1) is 15.2. The van der Waals surface area contributed by atoms with E-state index in [1.54, 1.807) is 7.11 Å². The van der Waals surface area contributed by atoms with E-state index in [1.165, 1.54) is 22.2 Å². The van der Waals surface area contributed by atoms with Crippen LogP contribution >= 0.6 is 0 Å². The van der Waals surface area contributed by atoms with E-state index >= 15 is 0 Å². The predicted molar refractivity (Wildman–Crippen MR) is 96.4 cm³/mol. The van der Waals surface area contributed by atoms with Crippen LogP contribution in [0.25, 0.3) is 22.0 Å². The first-order valence-corrected chi connectivity index (χ1v) is 8.42. The van der Waals surface area contributed by atoms with Gasteiger partial charge >= 0.3 is 0 Å². The summed E-state index contributed by atoms with van der Waals surface area (Å²) in [5.74, 6) is 0.771. The molecule has 2 N–H and O–H groups in total. The average molecular weight is 322 g/mol. The molecule has 0 amide bonds. The van der Waals surface area contributed by atoms with E-state index in [-0.39, 0.29) is 6.61 Å². The van der Waals surface area contributed by atoms with Gasteiger partial charge in [0.25, 0.3) is 0 Å². The van der Waals surface area contributed by atoms with Gasteiger partial charge < -0.3 is 19.7 Å². The minimum atomic E-state index is -0.00194. The van der Waals surface area contributed by atoms with Gasteiger partial charge in [-0.25, -0.2) is 0 Å². The summed E-state index contributed by atoms with van der Waals surface area (Å²) in [6.07, 6.45) is 1.05. The Morgan fingerprint density at radius 2 is 2.04 bits per heavy atom. The highest BCUT2D eigenvalue weighted by Gasteiger charge is 2.16. The highest BCUT2D eigenvalue weighted by atomic mass is 16.5. The molecule has 4 heteroatoms. The van der Waals surface area contributed by atoms with Crippen molar-refractivity contribution in [3.8, 4) is 16.9 Å². The van der Waals surface area contributed by atoms with Crippen molar-refractivity contribution in [2.75, 3.05) is 20.2 Å². The van der Waals surface area contributed by atoms with Crippen molar-refractivity contribution in [1.29, 1.82) is 0 Å². The van der Waals surface area contributed by atoms with Gasteiger partial charge in [-0.15, -0.1) is 0 Å². The number of aliphatic hydroxyl groups excluding tert-OH is 1. The molecule has 0 bridgehead atoms. The standard InChI is InChI=1S/C20H22N2O2/c1-24-17-5-6-18(15(12-17)13-23)19-4-2-3-14-11-16-7-8-21-9-10-22(16)20(14)19/h2-6,11-12,21,23H,7-10,13H2,1H3. The van der Waals surface area contributed by atoms with Crippen LogP contribution in [0.5, 0.6) is 5.75 Å². The molecule has 0 unspecified atom stereocenters. The lowest BCUT2D eigenvalue weighted by Crippen LogP contribution is -2.17. The lowest BCUT2D eigenvalue weighted by molar-refractivity contribution is 0.281. The number of aliphatic hydroxyl groups is 1. The van der Waals surface area contributed by atoms with Crippen LogP contribution in [0.1, 0.15) is 11.3 Å². The second kappa shape index (κ2) is 6.30. The van der Waals surface area contributed by atoms with Gasteiger partial charge in [0.2, 0.25) is 0 Å². The molecule has 4 rings (SSSR count). The van der Waals surface area contributed by atoms with Gasteiger partial charge in [-0.1, -0.05) is 24.3 Å². The molecule has 0 saturated heterocycles. The SMILES string of the molecule is COc1ccc(-c2cccc3cc4n(c23)CCNCC4)c(CO)c1. The molecule has 1 aromatic heterocycles. The summed E-state index contributed by atoms with van der Waals surface area (Å²) in [4.78, 5) is 0. The maximum Gasteiger partial charge on any atom is 0.119 e. The van der Waals surface area contributed by atoms with Crippen molar-refractivity contribution >= 4 is 10.9 Å². The van der Waals surface area contributed by atoms with E-state index < -0.39 is 0 Å². The quantitative estimate of drug-likeness (QED) is 0.779.